The Morgan fingerprint density at radius 2 is 1.85 bits per heavy atom. The van der Waals surface area contributed by atoms with Crippen LogP contribution >= 0.6 is 0 Å². The maximum atomic E-state index is 11.8. The highest BCUT2D eigenvalue weighted by atomic mass is 16.4. The van der Waals surface area contributed by atoms with Crippen molar-refractivity contribution in [3.63, 3.8) is 0 Å². The van der Waals surface area contributed by atoms with Gasteiger partial charge in [-0.15, -0.1) is 0 Å². The number of carbonyl (C=O) groups is 2. The van der Waals surface area contributed by atoms with Crippen LogP contribution in [-0.2, 0) is 11.3 Å². The molecular weight excluding hydrogens is 256 g/mol. The van der Waals surface area contributed by atoms with Gasteiger partial charge in [-0.25, -0.2) is 9.59 Å². The number of carboxylic acids is 1. The zero-order valence-corrected chi connectivity index (χ0v) is 12.2. The normalized spacial score (nSPS) is 13.3. The number of hydrogen-bond acceptors (Lipinski definition) is 2. The number of nitrogens with one attached hydrogen (secondary N) is 2. The highest BCUT2D eigenvalue weighted by molar-refractivity contribution is 5.85. The van der Waals surface area contributed by atoms with Crippen LogP contribution in [0.5, 0.6) is 0 Å². The highest BCUT2D eigenvalue weighted by Gasteiger charge is 2.33. The van der Waals surface area contributed by atoms with E-state index in [0.29, 0.717) is 19.4 Å². The lowest BCUT2D eigenvalue weighted by molar-refractivity contribution is -0.144. The number of urea groups is 1. The van der Waals surface area contributed by atoms with Gasteiger partial charge in [0.1, 0.15) is 5.54 Å². The Morgan fingerprint density at radius 3 is 2.35 bits per heavy atom. The van der Waals surface area contributed by atoms with Gasteiger partial charge in [0, 0.05) is 6.54 Å². The van der Waals surface area contributed by atoms with E-state index in [1.165, 1.54) is 6.92 Å². The molecule has 3 N–H and O–H groups in total. The molecule has 2 amide bonds. The van der Waals surface area contributed by atoms with E-state index < -0.39 is 17.5 Å². The van der Waals surface area contributed by atoms with E-state index in [9.17, 15) is 14.7 Å². The van der Waals surface area contributed by atoms with Crippen LogP contribution in [0.15, 0.2) is 24.3 Å². The van der Waals surface area contributed by atoms with Gasteiger partial charge in [-0.05, 0) is 25.8 Å². The summed E-state index contributed by atoms with van der Waals surface area (Å²) >= 11 is 0. The lowest BCUT2D eigenvalue weighted by atomic mass is 9.97. The van der Waals surface area contributed by atoms with Crippen molar-refractivity contribution in [1.82, 2.24) is 10.6 Å². The Kier molecular flexibility index (Phi) is 5.55. The molecule has 0 aliphatic carbocycles. The van der Waals surface area contributed by atoms with Crippen molar-refractivity contribution in [2.45, 2.75) is 45.7 Å². The molecule has 1 atom stereocenters. The predicted molar refractivity (Wildman–Crippen MR) is 77.5 cm³/mol. The largest absolute Gasteiger partial charge is 0.480 e. The molecule has 0 bridgehead atoms. The number of aliphatic carboxylic acids is 1. The monoisotopic (exact) mass is 278 g/mol. The number of benzene rings is 1. The summed E-state index contributed by atoms with van der Waals surface area (Å²) in [6.45, 7) is 5.76. The molecule has 1 aromatic carbocycles. The second-order valence-corrected chi connectivity index (χ2v) is 5.18. The molecule has 0 aliphatic heterocycles. The van der Waals surface area contributed by atoms with Crippen molar-refractivity contribution in [2.24, 2.45) is 0 Å². The molecule has 1 aromatic rings. The zero-order chi connectivity index (χ0) is 15.2. The Hall–Kier alpha value is -2.04. The molecule has 110 valence electrons. The van der Waals surface area contributed by atoms with Crippen molar-refractivity contribution in [3.8, 4) is 0 Å². The number of aryl methyl sites for hydroxylation is 1. The average molecular weight is 278 g/mol. The fraction of sp³-hybridized carbons (Fsp3) is 0.467. The van der Waals surface area contributed by atoms with Gasteiger partial charge in [0.15, 0.2) is 0 Å². The summed E-state index contributed by atoms with van der Waals surface area (Å²) in [6, 6.07) is 7.32. The van der Waals surface area contributed by atoms with Gasteiger partial charge in [0.2, 0.25) is 0 Å². The molecular formula is C15H22N2O3. The van der Waals surface area contributed by atoms with Crippen molar-refractivity contribution in [1.29, 1.82) is 0 Å². The minimum atomic E-state index is -1.23. The topological polar surface area (TPSA) is 78.4 Å². The summed E-state index contributed by atoms with van der Waals surface area (Å²) in [6.07, 6.45) is 1.07. The number of carboxylic acid groups (broad SMARTS) is 1. The van der Waals surface area contributed by atoms with Crippen LogP contribution in [0.4, 0.5) is 4.79 Å². The average Bonchev–Trinajstić information content (AvgIpc) is 2.38. The fourth-order valence-corrected chi connectivity index (χ4v) is 1.91. The van der Waals surface area contributed by atoms with Crippen molar-refractivity contribution >= 4 is 12.0 Å². The highest BCUT2D eigenvalue weighted by Crippen LogP contribution is 2.12. The maximum Gasteiger partial charge on any atom is 0.329 e. The van der Waals surface area contributed by atoms with Crippen LogP contribution in [0, 0.1) is 6.92 Å². The number of amides is 2. The molecule has 1 rings (SSSR count). The lowest BCUT2D eigenvalue weighted by Gasteiger charge is -2.25. The zero-order valence-electron chi connectivity index (χ0n) is 12.2. The van der Waals surface area contributed by atoms with Crippen LogP contribution in [-0.4, -0.2) is 22.6 Å². The van der Waals surface area contributed by atoms with E-state index in [-0.39, 0.29) is 0 Å². The minimum absolute atomic E-state index is 0.369. The van der Waals surface area contributed by atoms with Gasteiger partial charge in [0.25, 0.3) is 0 Å². The maximum absolute atomic E-state index is 11.8. The van der Waals surface area contributed by atoms with E-state index in [4.69, 9.17) is 0 Å². The lowest BCUT2D eigenvalue weighted by Crippen LogP contribution is -2.55. The Bertz CT molecular complexity index is 471. The van der Waals surface area contributed by atoms with Crippen LogP contribution in [0.25, 0.3) is 0 Å². The van der Waals surface area contributed by atoms with E-state index >= 15 is 0 Å². The summed E-state index contributed by atoms with van der Waals surface area (Å²) in [5, 5.41) is 14.4. The van der Waals surface area contributed by atoms with Crippen molar-refractivity contribution in [3.05, 3.63) is 35.4 Å². The molecule has 5 heteroatoms. The summed E-state index contributed by atoms with van der Waals surface area (Å²) < 4.78 is 0. The summed E-state index contributed by atoms with van der Waals surface area (Å²) in [7, 11) is 0. The van der Waals surface area contributed by atoms with Gasteiger partial charge < -0.3 is 15.7 Å². The molecule has 0 aliphatic rings. The number of carbonyl (C=O) groups excluding carboxylic acids is 1. The third-order valence-electron chi connectivity index (χ3n) is 3.19. The quantitative estimate of drug-likeness (QED) is 0.748. The molecule has 5 nitrogen and oxygen atoms in total. The molecule has 0 fully saturated rings. The molecule has 20 heavy (non-hydrogen) atoms. The Balaban J connectivity index is 2.54. The second-order valence-electron chi connectivity index (χ2n) is 5.18. The summed E-state index contributed by atoms with van der Waals surface area (Å²) in [4.78, 5) is 23.0. The predicted octanol–water partition coefficient (Wildman–Crippen LogP) is 2.44. The standard InChI is InChI=1S/C15H22N2O3/c1-4-9-15(3,13(18)19)17-14(20)16-10-12-7-5-11(2)6-8-12/h5-8H,4,9-10H2,1-3H3,(H,18,19)(H2,16,17,20). The molecule has 0 saturated heterocycles. The first kappa shape index (κ1) is 16.0. The number of hydrogen-bond donors (Lipinski definition) is 3. The van der Waals surface area contributed by atoms with Crippen LogP contribution in [0.2, 0.25) is 0 Å². The smallest absolute Gasteiger partial charge is 0.329 e. The van der Waals surface area contributed by atoms with Crippen molar-refractivity contribution < 1.29 is 14.7 Å². The molecule has 0 spiro atoms. The molecule has 0 saturated carbocycles. The molecule has 0 radical (unpaired) electrons. The minimum Gasteiger partial charge on any atom is -0.480 e. The molecule has 1 unspecified atom stereocenters. The van der Waals surface area contributed by atoms with Crippen molar-refractivity contribution in [2.75, 3.05) is 0 Å². The van der Waals surface area contributed by atoms with E-state index in [2.05, 4.69) is 10.6 Å². The number of rotatable bonds is 6. The first-order chi connectivity index (χ1) is 9.37. The van der Waals surface area contributed by atoms with Crippen LogP contribution in [0.3, 0.4) is 0 Å². The van der Waals surface area contributed by atoms with Gasteiger partial charge >= 0.3 is 12.0 Å². The van der Waals surface area contributed by atoms with Crippen LogP contribution in [0.1, 0.15) is 37.8 Å². The molecule has 0 aromatic heterocycles. The first-order valence-corrected chi connectivity index (χ1v) is 6.72. The first-order valence-electron chi connectivity index (χ1n) is 6.72. The summed E-state index contributed by atoms with van der Waals surface area (Å²) in [5.74, 6) is -1.02. The second kappa shape index (κ2) is 6.93. The third kappa shape index (κ3) is 4.57. The fourth-order valence-electron chi connectivity index (χ4n) is 1.91. The Labute approximate surface area is 119 Å². The van der Waals surface area contributed by atoms with Gasteiger partial charge in [-0.1, -0.05) is 43.2 Å². The van der Waals surface area contributed by atoms with E-state index in [0.717, 1.165) is 11.1 Å². The SMILES string of the molecule is CCCC(C)(NC(=O)NCc1ccc(C)cc1)C(=O)O. The summed E-state index contributed by atoms with van der Waals surface area (Å²) in [5.41, 5.74) is 0.893. The third-order valence-corrected chi connectivity index (χ3v) is 3.19. The van der Waals surface area contributed by atoms with Gasteiger partial charge in [0.05, 0.1) is 0 Å². The van der Waals surface area contributed by atoms with Gasteiger partial charge in [-0.2, -0.15) is 0 Å². The Morgan fingerprint density at radius 1 is 1.25 bits per heavy atom. The van der Waals surface area contributed by atoms with Gasteiger partial charge in [-0.3, -0.25) is 0 Å². The van der Waals surface area contributed by atoms with E-state index in [1.54, 1.807) is 0 Å². The molecule has 0 heterocycles. The van der Waals surface area contributed by atoms with Crippen LogP contribution < -0.4 is 10.6 Å². The van der Waals surface area contributed by atoms with E-state index in [1.807, 2.05) is 38.1 Å².